The zero-order valence-corrected chi connectivity index (χ0v) is 12.6. The first-order chi connectivity index (χ1) is 11.2. The molecule has 0 saturated carbocycles. The monoisotopic (exact) mass is 308 g/mol. The van der Waals surface area contributed by atoms with Crippen molar-refractivity contribution in [2.24, 2.45) is 0 Å². The summed E-state index contributed by atoms with van der Waals surface area (Å²) in [7, 11) is 1.57. The normalized spacial score (nSPS) is 10.5. The van der Waals surface area contributed by atoms with Gasteiger partial charge in [-0.25, -0.2) is 4.98 Å². The summed E-state index contributed by atoms with van der Waals surface area (Å²) < 4.78 is 1.78. The Morgan fingerprint density at radius 1 is 1.13 bits per heavy atom. The molecular weight excluding hydrogens is 292 g/mol. The van der Waals surface area contributed by atoms with Gasteiger partial charge in [-0.2, -0.15) is 0 Å². The van der Waals surface area contributed by atoms with Crippen molar-refractivity contribution in [3.05, 3.63) is 60.4 Å². The minimum absolute atomic E-state index is 0.157. The van der Waals surface area contributed by atoms with Crippen molar-refractivity contribution in [1.82, 2.24) is 14.9 Å². The predicted octanol–water partition coefficient (Wildman–Crippen LogP) is 2.03. The van der Waals surface area contributed by atoms with Crippen LogP contribution in [0.3, 0.4) is 0 Å². The lowest BCUT2D eigenvalue weighted by Crippen LogP contribution is -2.20. The standard InChI is InChI=1S/C17H16N4O2/c1-18-17(23)12-5-4-6-13(9-12)20-16(22)10-21-11-19-14-7-2-3-8-15(14)21/h2-9,11H,10H2,1H3,(H,18,23)(H,20,22). The van der Waals surface area contributed by atoms with Crippen LogP contribution in [-0.2, 0) is 11.3 Å². The number of anilines is 1. The first-order valence-electron chi connectivity index (χ1n) is 7.19. The molecule has 3 rings (SSSR count). The Morgan fingerprint density at radius 2 is 1.96 bits per heavy atom. The Labute approximate surface area is 133 Å². The summed E-state index contributed by atoms with van der Waals surface area (Å²) in [6, 6.07) is 14.4. The topological polar surface area (TPSA) is 76.0 Å². The van der Waals surface area contributed by atoms with E-state index in [1.807, 2.05) is 24.3 Å². The number of benzene rings is 2. The van der Waals surface area contributed by atoms with Crippen LogP contribution < -0.4 is 10.6 Å². The molecule has 0 bridgehead atoms. The molecule has 6 heteroatoms. The quantitative estimate of drug-likeness (QED) is 0.774. The Kier molecular flexibility index (Phi) is 4.05. The largest absolute Gasteiger partial charge is 0.355 e. The van der Waals surface area contributed by atoms with E-state index in [1.165, 1.54) is 0 Å². The van der Waals surface area contributed by atoms with Crippen LogP contribution >= 0.6 is 0 Å². The van der Waals surface area contributed by atoms with Crippen LogP contribution in [0.1, 0.15) is 10.4 Å². The van der Waals surface area contributed by atoms with Crippen molar-refractivity contribution < 1.29 is 9.59 Å². The van der Waals surface area contributed by atoms with Crippen molar-refractivity contribution >= 4 is 28.5 Å². The highest BCUT2D eigenvalue weighted by Crippen LogP contribution is 2.13. The minimum Gasteiger partial charge on any atom is -0.355 e. The number of hydrogen-bond acceptors (Lipinski definition) is 3. The van der Waals surface area contributed by atoms with Gasteiger partial charge in [0.2, 0.25) is 5.91 Å². The maximum atomic E-state index is 12.2. The highest BCUT2D eigenvalue weighted by molar-refractivity contribution is 5.97. The highest BCUT2D eigenvalue weighted by atomic mass is 16.2. The van der Waals surface area contributed by atoms with E-state index in [2.05, 4.69) is 15.6 Å². The Bertz CT molecular complexity index is 870. The van der Waals surface area contributed by atoms with E-state index >= 15 is 0 Å². The van der Waals surface area contributed by atoms with Gasteiger partial charge in [0.05, 0.1) is 17.4 Å². The van der Waals surface area contributed by atoms with Gasteiger partial charge in [0.25, 0.3) is 5.91 Å². The zero-order chi connectivity index (χ0) is 16.2. The number of carbonyl (C=O) groups is 2. The molecule has 1 aromatic heterocycles. The molecule has 0 unspecified atom stereocenters. The maximum absolute atomic E-state index is 12.2. The summed E-state index contributed by atoms with van der Waals surface area (Å²) in [4.78, 5) is 28.1. The van der Waals surface area contributed by atoms with Gasteiger partial charge in [-0.05, 0) is 30.3 Å². The van der Waals surface area contributed by atoms with Gasteiger partial charge in [0.1, 0.15) is 6.54 Å². The van der Waals surface area contributed by atoms with Crippen LogP contribution in [0.25, 0.3) is 11.0 Å². The van der Waals surface area contributed by atoms with Crippen molar-refractivity contribution in [2.75, 3.05) is 12.4 Å². The number of aromatic nitrogens is 2. The molecule has 0 aliphatic rings. The van der Waals surface area contributed by atoms with Crippen molar-refractivity contribution in [2.45, 2.75) is 6.54 Å². The molecule has 0 saturated heterocycles. The van der Waals surface area contributed by atoms with E-state index in [1.54, 1.807) is 42.2 Å². The molecule has 0 spiro atoms. The maximum Gasteiger partial charge on any atom is 0.251 e. The highest BCUT2D eigenvalue weighted by Gasteiger charge is 2.09. The second-order valence-corrected chi connectivity index (χ2v) is 5.07. The first kappa shape index (κ1) is 14.8. The average molecular weight is 308 g/mol. The fraction of sp³-hybridized carbons (Fsp3) is 0.118. The summed E-state index contributed by atoms with van der Waals surface area (Å²) in [6.07, 6.45) is 1.64. The SMILES string of the molecule is CNC(=O)c1cccc(NC(=O)Cn2cnc3ccccc32)c1. The molecule has 1 heterocycles. The smallest absolute Gasteiger partial charge is 0.251 e. The van der Waals surface area contributed by atoms with E-state index < -0.39 is 0 Å². The van der Waals surface area contributed by atoms with Crippen molar-refractivity contribution in [3.63, 3.8) is 0 Å². The molecule has 0 aliphatic heterocycles. The Balaban J connectivity index is 1.73. The van der Waals surface area contributed by atoms with Gasteiger partial charge < -0.3 is 15.2 Å². The fourth-order valence-corrected chi connectivity index (χ4v) is 2.37. The number of hydrogen-bond donors (Lipinski definition) is 2. The lowest BCUT2D eigenvalue weighted by molar-refractivity contribution is -0.116. The minimum atomic E-state index is -0.193. The molecular formula is C17H16N4O2. The fourth-order valence-electron chi connectivity index (χ4n) is 2.37. The van der Waals surface area contributed by atoms with Gasteiger partial charge in [-0.3, -0.25) is 9.59 Å². The molecule has 116 valence electrons. The van der Waals surface area contributed by atoms with Gasteiger partial charge >= 0.3 is 0 Å². The van der Waals surface area contributed by atoms with Gasteiger partial charge in [-0.15, -0.1) is 0 Å². The third-order valence-electron chi connectivity index (χ3n) is 3.48. The number of imidazole rings is 1. The number of amides is 2. The molecule has 2 aromatic carbocycles. The Hall–Kier alpha value is -3.15. The lowest BCUT2D eigenvalue weighted by atomic mass is 10.2. The molecule has 2 N–H and O–H groups in total. The third kappa shape index (κ3) is 3.21. The van der Waals surface area contributed by atoms with Crippen molar-refractivity contribution in [1.29, 1.82) is 0 Å². The molecule has 0 radical (unpaired) electrons. The van der Waals surface area contributed by atoms with Crippen LogP contribution in [0, 0.1) is 0 Å². The second-order valence-electron chi connectivity index (χ2n) is 5.07. The summed E-state index contributed by atoms with van der Waals surface area (Å²) >= 11 is 0. The van der Waals surface area contributed by atoms with E-state index in [4.69, 9.17) is 0 Å². The first-order valence-corrected chi connectivity index (χ1v) is 7.19. The number of rotatable bonds is 4. The average Bonchev–Trinajstić information content (AvgIpc) is 2.97. The van der Waals surface area contributed by atoms with Crippen LogP contribution in [0.5, 0.6) is 0 Å². The molecule has 3 aromatic rings. The summed E-state index contributed by atoms with van der Waals surface area (Å²) in [6.45, 7) is 0.157. The molecule has 23 heavy (non-hydrogen) atoms. The van der Waals surface area contributed by atoms with E-state index in [-0.39, 0.29) is 18.4 Å². The number of carbonyl (C=O) groups excluding carboxylic acids is 2. The number of fused-ring (bicyclic) bond motifs is 1. The summed E-state index contributed by atoms with van der Waals surface area (Å²) in [5.41, 5.74) is 2.84. The van der Waals surface area contributed by atoms with Gasteiger partial charge in [0.15, 0.2) is 0 Å². The molecule has 6 nitrogen and oxygen atoms in total. The van der Waals surface area contributed by atoms with Crippen LogP contribution in [-0.4, -0.2) is 28.4 Å². The van der Waals surface area contributed by atoms with E-state index in [0.717, 1.165) is 11.0 Å². The second kappa shape index (κ2) is 6.31. The molecule has 2 amide bonds. The third-order valence-corrected chi connectivity index (χ3v) is 3.48. The summed E-state index contributed by atoms with van der Waals surface area (Å²) in [5.74, 6) is -0.371. The number of nitrogens with zero attached hydrogens (tertiary/aromatic N) is 2. The zero-order valence-electron chi connectivity index (χ0n) is 12.6. The van der Waals surface area contributed by atoms with E-state index in [9.17, 15) is 9.59 Å². The number of nitrogens with one attached hydrogen (secondary N) is 2. The molecule has 0 atom stereocenters. The van der Waals surface area contributed by atoms with E-state index in [0.29, 0.717) is 11.3 Å². The molecule has 0 aliphatic carbocycles. The predicted molar refractivity (Wildman–Crippen MR) is 88.2 cm³/mol. The van der Waals surface area contributed by atoms with Crippen LogP contribution in [0.15, 0.2) is 54.9 Å². The van der Waals surface area contributed by atoms with Crippen LogP contribution in [0.2, 0.25) is 0 Å². The van der Waals surface area contributed by atoms with Crippen molar-refractivity contribution in [3.8, 4) is 0 Å². The van der Waals surface area contributed by atoms with Gasteiger partial charge in [0, 0.05) is 18.3 Å². The van der Waals surface area contributed by atoms with Gasteiger partial charge in [-0.1, -0.05) is 18.2 Å². The Morgan fingerprint density at radius 3 is 2.78 bits per heavy atom. The summed E-state index contributed by atoms with van der Waals surface area (Å²) in [5, 5.41) is 5.35. The molecule has 0 fully saturated rings. The van der Waals surface area contributed by atoms with Crippen LogP contribution in [0.4, 0.5) is 5.69 Å². The number of para-hydroxylation sites is 2. The lowest BCUT2D eigenvalue weighted by Gasteiger charge is -2.08.